The summed E-state index contributed by atoms with van der Waals surface area (Å²) >= 11 is 1.42. The molecule has 0 atom stereocenters. The summed E-state index contributed by atoms with van der Waals surface area (Å²) in [4.78, 5) is 29.3. The number of ketones is 1. The van der Waals surface area contributed by atoms with Gasteiger partial charge in [0, 0.05) is 0 Å². The molecule has 1 amide bonds. The van der Waals surface area contributed by atoms with Crippen molar-refractivity contribution < 1.29 is 14.3 Å². The lowest BCUT2D eigenvalue weighted by molar-refractivity contribution is 0.0635. The zero-order valence-electron chi connectivity index (χ0n) is 13.9. The number of hydrogen-bond donors (Lipinski definition) is 1. The number of aromatic nitrogens is 1. The molecule has 122 valence electrons. The van der Waals surface area contributed by atoms with Gasteiger partial charge in [0.1, 0.15) is 5.60 Å². The lowest BCUT2D eigenvalue weighted by atomic mass is 10.2. The zero-order valence-corrected chi connectivity index (χ0v) is 14.7. The number of carbonyl (C=O) groups excluding carboxylic acids is 2. The van der Waals surface area contributed by atoms with Crippen molar-refractivity contribution in [3.8, 4) is 10.6 Å². The summed E-state index contributed by atoms with van der Waals surface area (Å²) in [6.07, 6.45) is 1.06. The van der Waals surface area contributed by atoms with Crippen molar-refractivity contribution in [2.45, 2.75) is 40.2 Å². The van der Waals surface area contributed by atoms with Crippen LogP contribution in [0.25, 0.3) is 10.6 Å². The van der Waals surface area contributed by atoms with Crippen LogP contribution in [0.1, 0.15) is 42.9 Å². The summed E-state index contributed by atoms with van der Waals surface area (Å²) in [6.45, 7) is 8.89. The molecule has 0 unspecified atom stereocenters. The Labute approximate surface area is 139 Å². The number of nitrogens with one attached hydrogen (secondary N) is 1. The summed E-state index contributed by atoms with van der Waals surface area (Å²) in [7, 11) is 0. The van der Waals surface area contributed by atoms with E-state index in [2.05, 4.69) is 10.3 Å². The van der Waals surface area contributed by atoms with E-state index in [1.807, 2.05) is 19.1 Å². The van der Waals surface area contributed by atoms with Crippen LogP contribution in [-0.2, 0) is 4.74 Å². The van der Waals surface area contributed by atoms with Gasteiger partial charge in [-0.05, 0) is 58.4 Å². The highest BCUT2D eigenvalue weighted by Crippen LogP contribution is 2.30. The second-order valence-electron chi connectivity index (χ2n) is 6.24. The van der Waals surface area contributed by atoms with Gasteiger partial charge >= 0.3 is 6.09 Å². The van der Waals surface area contributed by atoms with Gasteiger partial charge < -0.3 is 4.74 Å². The molecular weight excluding hydrogens is 312 g/mol. The molecule has 2 heterocycles. The number of Topliss-reactive ketones (excluding diaryl/α,β-unsaturated/α-hetero) is 1. The molecule has 1 N–H and O–H groups in total. The SMILES string of the molecule is CC(=O)c1sc(-c2ccc(NC(=O)OC(C)(C)C)cn2)cc1C. The first-order valence-corrected chi connectivity index (χ1v) is 8.05. The third-order valence-corrected chi connectivity index (χ3v) is 4.26. The summed E-state index contributed by atoms with van der Waals surface area (Å²) in [5.74, 6) is 0.0574. The summed E-state index contributed by atoms with van der Waals surface area (Å²) in [5, 5.41) is 2.64. The molecule has 0 aliphatic heterocycles. The number of nitrogens with zero attached hydrogens (tertiary/aromatic N) is 1. The van der Waals surface area contributed by atoms with Gasteiger partial charge in [-0.15, -0.1) is 11.3 Å². The lowest BCUT2D eigenvalue weighted by Gasteiger charge is -2.19. The van der Waals surface area contributed by atoms with E-state index in [4.69, 9.17) is 4.74 Å². The number of rotatable bonds is 3. The number of amides is 1. The van der Waals surface area contributed by atoms with E-state index in [1.54, 1.807) is 40.0 Å². The minimum atomic E-state index is -0.547. The first kappa shape index (κ1) is 17.1. The molecule has 0 bridgehead atoms. The predicted octanol–water partition coefficient (Wildman–Crippen LogP) is 4.67. The summed E-state index contributed by atoms with van der Waals surface area (Å²) in [6, 6.07) is 5.52. The number of pyridine rings is 1. The first-order chi connectivity index (χ1) is 10.7. The van der Waals surface area contributed by atoms with E-state index in [-0.39, 0.29) is 5.78 Å². The standard InChI is InChI=1S/C17H20N2O3S/c1-10-8-14(23-15(10)11(2)20)13-7-6-12(9-18-13)19-16(21)22-17(3,4)5/h6-9H,1-5H3,(H,19,21). The van der Waals surface area contributed by atoms with Crippen LogP contribution in [-0.4, -0.2) is 22.5 Å². The normalized spacial score (nSPS) is 11.2. The Morgan fingerprint density at radius 2 is 1.96 bits per heavy atom. The van der Waals surface area contributed by atoms with Crippen molar-refractivity contribution in [3.63, 3.8) is 0 Å². The molecule has 0 saturated heterocycles. The Bertz CT molecular complexity index is 727. The van der Waals surface area contributed by atoms with Crippen LogP contribution in [0.15, 0.2) is 24.4 Å². The summed E-state index contributed by atoms with van der Waals surface area (Å²) in [5.41, 5.74) is 1.73. The third kappa shape index (κ3) is 4.63. The lowest BCUT2D eigenvalue weighted by Crippen LogP contribution is -2.27. The molecule has 6 heteroatoms. The predicted molar refractivity (Wildman–Crippen MR) is 92.1 cm³/mol. The second-order valence-corrected chi connectivity index (χ2v) is 7.29. The maximum absolute atomic E-state index is 11.7. The number of hydrogen-bond acceptors (Lipinski definition) is 5. The van der Waals surface area contributed by atoms with Crippen LogP contribution in [0.3, 0.4) is 0 Å². The van der Waals surface area contributed by atoms with E-state index < -0.39 is 11.7 Å². The van der Waals surface area contributed by atoms with Gasteiger partial charge in [-0.2, -0.15) is 0 Å². The van der Waals surface area contributed by atoms with Crippen LogP contribution >= 0.6 is 11.3 Å². The Hall–Kier alpha value is -2.21. The molecule has 0 fully saturated rings. The van der Waals surface area contributed by atoms with Crippen molar-refractivity contribution in [1.82, 2.24) is 4.98 Å². The maximum atomic E-state index is 11.7. The third-order valence-electron chi connectivity index (χ3n) is 2.90. The minimum Gasteiger partial charge on any atom is -0.444 e. The monoisotopic (exact) mass is 332 g/mol. The van der Waals surface area contributed by atoms with Gasteiger partial charge in [0.2, 0.25) is 0 Å². The van der Waals surface area contributed by atoms with Crippen LogP contribution in [0.5, 0.6) is 0 Å². The van der Waals surface area contributed by atoms with Gasteiger partial charge in [0.05, 0.1) is 27.3 Å². The Morgan fingerprint density at radius 3 is 2.43 bits per heavy atom. The van der Waals surface area contributed by atoms with Gasteiger partial charge in [-0.1, -0.05) is 0 Å². The molecule has 2 aromatic rings. The molecular formula is C17H20N2O3S. The Kier molecular flexibility index (Phi) is 4.85. The molecule has 0 saturated carbocycles. The highest BCUT2D eigenvalue weighted by Gasteiger charge is 2.16. The molecule has 0 aromatic carbocycles. The van der Waals surface area contributed by atoms with Gasteiger partial charge in [0.15, 0.2) is 5.78 Å². The molecule has 0 radical (unpaired) electrons. The van der Waals surface area contributed by atoms with Crippen molar-refractivity contribution in [1.29, 1.82) is 0 Å². The number of anilines is 1. The van der Waals surface area contributed by atoms with E-state index in [9.17, 15) is 9.59 Å². The topological polar surface area (TPSA) is 68.3 Å². The van der Waals surface area contributed by atoms with Crippen LogP contribution in [0.2, 0.25) is 0 Å². The van der Waals surface area contributed by atoms with Gasteiger partial charge in [-0.25, -0.2) is 4.79 Å². The molecule has 0 aliphatic rings. The van der Waals surface area contributed by atoms with E-state index in [0.29, 0.717) is 5.69 Å². The average Bonchev–Trinajstić information content (AvgIpc) is 2.79. The van der Waals surface area contributed by atoms with Crippen molar-refractivity contribution in [2.24, 2.45) is 0 Å². The zero-order chi connectivity index (χ0) is 17.2. The molecule has 0 spiro atoms. The number of thiophene rings is 1. The van der Waals surface area contributed by atoms with Crippen molar-refractivity contribution >= 4 is 28.9 Å². The van der Waals surface area contributed by atoms with E-state index in [0.717, 1.165) is 21.0 Å². The number of aryl methyl sites for hydroxylation is 1. The number of carbonyl (C=O) groups is 2. The Balaban J connectivity index is 2.12. The van der Waals surface area contributed by atoms with Crippen molar-refractivity contribution in [2.75, 3.05) is 5.32 Å². The van der Waals surface area contributed by atoms with E-state index in [1.165, 1.54) is 11.3 Å². The highest BCUT2D eigenvalue weighted by molar-refractivity contribution is 7.17. The fraction of sp³-hybridized carbons (Fsp3) is 0.353. The van der Waals surface area contributed by atoms with Crippen molar-refractivity contribution in [3.05, 3.63) is 34.8 Å². The van der Waals surface area contributed by atoms with E-state index >= 15 is 0 Å². The van der Waals surface area contributed by atoms with Gasteiger partial charge in [-0.3, -0.25) is 15.1 Å². The maximum Gasteiger partial charge on any atom is 0.412 e. The molecule has 5 nitrogen and oxygen atoms in total. The quantitative estimate of drug-likeness (QED) is 0.829. The fourth-order valence-electron chi connectivity index (χ4n) is 1.99. The molecule has 23 heavy (non-hydrogen) atoms. The summed E-state index contributed by atoms with van der Waals surface area (Å²) < 4.78 is 5.19. The largest absolute Gasteiger partial charge is 0.444 e. The Morgan fingerprint density at radius 1 is 1.26 bits per heavy atom. The average molecular weight is 332 g/mol. The van der Waals surface area contributed by atoms with Crippen LogP contribution in [0.4, 0.5) is 10.5 Å². The second kappa shape index (κ2) is 6.50. The first-order valence-electron chi connectivity index (χ1n) is 7.23. The fourth-order valence-corrected chi connectivity index (χ4v) is 3.04. The smallest absolute Gasteiger partial charge is 0.412 e. The van der Waals surface area contributed by atoms with Gasteiger partial charge in [0.25, 0.3) is 0 Å². The molecule has 2 rings (SSSR count). The van der Waals surface area contributed by atoms with Crippen LogP contribution < -0.4 is 5.32 Å². The number of ether oxygens (including phenoxy) is 1. The highest BCUT2D eigenvalue weighted by atomic mass is 32.1. The van der Waals surface area contributed by atoms with Crippen LogP contribution in [0, 0.1) is 6.92 Å². The molecule has 0 aliphatic carbocycles. The minimum absolute atomic E-state index is 0.0574. The molecule has 2 aromatic heterocycles.